The zero-order chi connectivity index (χ0) is 15.6. The molecule has 0 aromatic carbocycles. The fourth-order valence-corrected chi connectivity index (χ4v) is 2.58. The molecule has 2 aromatic heterocycles. The Hall–Kier alpha value is -1.82. The van der Waals surface area contributed by atoms with Crippen molar-refractivity contribution < 1.29 is 18.7 Å². The minimum absolute atomic E-state index is 0.0636. The number of hydrogen-bond acceptors (Lipinski definition) is 4. The lowest BCUT2D eigenvalue weighted by Crippen LogP contribution is -2.14. The van der Waals surface area contributed by atoms with Crippen molar-refractivity contribution in [2.24, 2.45) is 0 Å². The van der Waals surface area contributed by atoms with E-state index in [0.717, 1.165) is 17.9 Å². The lowest BCUT2D eigenvalue weighted by atomic mass is 10.1. The molecule has 0 amide bonds. The maximum Gasteiger partial charge on any atom is 0.374 e. The van der Waals surface area contributed by atoms with E-state index >= 15 is 0 Å². The third kappa shape index (κ3) is 3.26. The summed E-state index contributed by atoms with van der Waals surface area (Å²) in [5, 5.41) is 0. The van der Waals surface area contributed by atoms with E-state index in [9.17, 15) is 9.59 Å². The van der Waals surface area contributed by atoms with E-state index in [4.69, 9.17) is 9.15 Å². The summed E-state index contributed by atoms with van der Waals surface area (Å²) in [6.45, 7) is 6.34. The van der Waals surface area contributed by atoms with E-state index in [1.807, 2.05) is 31.4 Å². The predicted molar refractivity (Wildman–Crippen MR) is 80.6 cm³/mol. The number of aromatic nitrogens is 1. The van der Waals surface area contributed by atoms with E-state index < -0.39 is 5.97 Å². The van der Waals surface area contributed by atoms with Crippen molar-refractivity contribution in [3.05, 3.63) is 45.6 Å². The quantitative estimate of drug-likeness (QED) is 0.609. The monoisotopic (exact) mass is 353 g/mol. The highest BCUT2D eigenvalue weighted by Crippen LogP contribution is 2.17. The number of hydrogen-bond donors (Lipinski definition) is 0. The number of nitrogens with zero attached hydrogens (tertiary/aromatic N) is 1. The topological polar surface area (TPSA) is 61.4 Å². The highest BCUT2D eigenvalue weighted by atomic mass is 79.9. The second-order valence-corrected chi connectivity index (χ2v) is 5.41. The zero-order valence-corrected chi connectivity index (χ0v) is 13.7. The van der Waals surface area contributed by atoms with Gasteiger partial charge in [-0.25, -0.2) is 4.79 Å². The van der Waals surface area contributed by atoms with Crippen LogP contribution in [0.15, 0.2) is 27.3 Å². The third-order valence-electron chi connectivity index (χ3n) is 3.30. The molecule has 0 spiro atoms. The fraction of sp³-hybridized carbons (Fsp3) is 0.333. The number of carbonyl (C=O) groups excluding carboxylic acids is 2. The molecule has 2 heterocycles. The predicted octanol–water partition coefficient (Wildman–Crippen LogP) is 3.52. The molecule has 6 heteroatoms. The summed E-state index contributed by atoms with van der Waals surface area (Å²) in [4.78, 5) is 23.9. The van der Waals surface area contributed by atoms with Gasteiger partial charge in [0.05, 0.1) is 0 Å². The summed E-state index contributed by atoms with van der Waals surface area (Å²) in [5.41, 5.74) is 2.49. The molecule has 0 radical (unpaired) electrons. The summed E-state index contributed by atoms with van der Waals surface area (Å²) in [5.74, 6) is -0.811. The largest absolute Gasteiger partial charge is 0.451 e. The van der Waals surface area contributed by atoms with Gasteiger partial charge in [0, 0.05) is 23.5 Å². The molecule has 0 aliphatic carbocycles. The van der Waals surface area contributed by atoms with Crippen LogP contribution >= 0.6 is 15.9 Å². The van der Waals surface area contributed by atoms with Crippen molar-refractivity contribution in [2.75, 3.05) is 6.61 Å². The SMILES string of the molecule is CCn1c(C)cc(C(=O)COC(=O)c2ccc(Br)o2)c1C. The van der Waals surface area contributed by atoms with Crippen LogP contribution in [0.1, 0.15) is 39.2 Å². The average molecular weight is 354 g/mol. The van der Waals surface area contributed by atoms with Crippen molar-refractivity contribution in [1.82, 2.24) is 4.57 Å². The van der Waals surface area contributed by atoms with Crippen LogP contribution in [0.5, 0.6) is 0 Å². The van der Waals surface area contributed by atoms with Crippen molar-refractivity contribution >= 4 is 27.7 Å². The second-order valence-electron chi connectivity index (χ2n) is 4.63. The Morgan fingerprint density at radius 3 is 2.57 bits per heavy atom. The van der Waals surface area contributed by atoms with Gasteiger partial charge < -0.3 is 13.7 Å². The van der Waals surface area contributed by atoms with Crippen LogP contribution in [0, 0.1) is 13.8 Å². The molecule has 0 saturated carbocycles. The first kappa shape index (κ1) is 15.6. The normalized spacial score (nSPS) is 10.7. The van der Waals surface area contributed by atoms with E-state index in [1.54, 1.807) is 6.07 Å². The molecule has 0 atom stereocenters. The van der Waals surface area contributed by atoms with Crippen molar-refractivity contribution in [3.63, 3.8) is 0 Å². The number of Topliss-reactive ketones (excluding diaryl/α,β-unsaturated/α-hetero) is 1. The highest BCUT2D eigenvalue weighted by molar-refractivity contribution is 9.10. The highest BCUT2D eigenvalue weighted by Gasteiger charge is 2.18. The second kappa shape index (κ2) is 6.30. The molecule has 0 N–H and O–H groups in total. The number of carbonyl (C=O) groups is 2. The number of esters is 1. The maximum atomic E-state index is 12.2. The van der Waals surface area contributed by atoms with Crippen LogP contribution in [-0.4, -0.2) is 22.9 Å². The van der Waals surface area contributed by atoms with Crippen LogP contribution in [0.3, 0.4) is 0 Å². The minimum atomic E-state index is -0.654. The fourth-order valence-electron chi connectivity index (χ4n) is 2.27. The molecule has 2 rings (SSSR count). The molecular formula is C15H16BrNO4. The summed E-state index contributed by atoms with van der Waals surface area (Å²) in [7, 11) is 0. The van der Waals surface area contributed by atoms with Crippen LogP contribution in [-0.2, 0) is 11.3 Å². The van der Waals surface area contributed by atoms with E-state index in [-0.39, 0.29) is 18.2 Å². The van der Waals surface area contributed by atoms with Crippen molar-refractivity contribution in [1.29, 1.82) is 0 Å². The summed E-state index contributed by atoms with van der Waals surface area (Å²) in [6, 6.07) is 4.89. The lowest BCUT2D eigenvalue weighted by Gasteiger charge is -2.06. The van der Waals surface area contributed by atoms with Crippen LogP contribution < -0.4 is 0 Å². The Morgan fingerprint density at radius 2 is 2.05 bits per heavy atom. The van der Waals surface area contributed by atoms with E-state index in [0.29, 0.717) is 10.2 Å². The third-order valence-corrected chi connectivity index (χ3v) is 3.73. The average Bonchev–Trinajstić information content (AvgIpc) is 3.00. The first-order valence-corrected chi connectivity index (χ1v) is 7.35. The molecule has 21 heavy (non-hydrogen) atoms. The van der Waals surface area contributed by atoms with Gasteiger partial charge in [0.2, 0.25) is 11.5 Å². The zero-order valence-electron chi connectivity index (χ0n) is 12.1. The molecule has 0 fully saturated rings. The van der Waals surface area contributed by atoms with E-state index in [1.165, 1.54) is 6.07 Å². The molecule has 0 saturated heterocycles. The number of ether oxygens (including phenoxy) is 1. The summed E-state index contributed by atoms with van der Waals surface area (Å²) < 4.78 is 12.5. The smallest absolute Gasteiger partial charge is 0.374 e. The molecule has 0 aliphatic rings. The molecule has 0 bridgehead atoms. The molecule has 112 valence electrons. The maximum absolute atomic E-state index is 12.2. The van der Waals surface area contributed by atoms with Gasteiger partial charge >= 0.3 is 5.97 Å². The molecule has 5 nitrogen and oxygen atoms in total. The number of rotatable bonds is 5. The number of furan rings is 1. The Morgan fingerprint density at radius 1 is 1.33 bits per heavy atom. The van der Waals surface area contributed by atoms with Gasteiger partial charge in [-0.3, -0.25) is 4.79 Å². The van der Waals surface area contributed by atoms with Gasteiger partial charge in [-0.05, 0) is 54.9 Å². The van der Waals surface area contributed by atoms with Crippen LogP contribution in [0.2, 0.25) is 0 Å². The standard InChI is InChI=1S/C15H16BrNO4/c1-4-17-9(2)7-11(10(17)3)12(18)8-20-15(19)13-5-6-14(16)21-13/h5-7H,4,8H2,1-3H3. The van der Waals surface area contributed by atoms with Crippen LogP contribution in [0.25, 0.3) is 0 Å². The summed E-state index contributed by atoms with van der Waals surface area (Å²) >= 11 is 3.10. The first-order valence-electron chi connectivity index (χ1n) is 6.56. The minimum Gasteiger partial charge on any atom is -0.451 e. The molecular weight excluding hydrogens is 338 g/mol. The molecule has 0 aliphatic heterocycles. The Bertz CT molecular complexity index is 684. The Kier molecular flexibility index (Phi) is 4.67. The summed E-state index contributed by atoms with van der Waals surface area (Å²) in [6.07, 6.45) is 0. The van der Waals surface area contributed by atoms with Gasteiger partial charge in [0.15, 0.2) is 11.3 Å². The van der Waals surface area contributed by atoms with Gasteiger partial charge in [0.25, 0.3) is 0 Å². The van der Waals surface area contributed by atoms with Crippen LogP contribution in [0.4, 0.5) is 0 Å². The van der Waals surface area contributed by atoms with Gasteiger partial charge in [0.1, 0.15) is 0 Å². The van der Waals surface area contributed by atoms with Gasteiger partial charge in [-0.2, -0.15) is 0 Å². The number of aryl methyl sites for hydroxylation is 1. The van der Waals surface area contributed by atoms with E-state index in [2.05, 4.69) is 15.9 Å². The van der Waals surface area contributed by atoms with Gasteiger partial charge in [-0.1, -0.05) is 0 Å². The van der Waals surface area contributed by atoms with Crippen molar-refractivity contribution in [3.8, 4) is 0 Å². The number of ketones is 1. The molecule has 0 unspecified atom stereocenters. The Balaban J connectivity index is 2.04. The molecule has 2 aromatic rings. The first-order chi connectivity index (χ1) is 9.93. The lowest BCUT2D eigenvalue weighted by molar-refractivity contribution is 0.0442. The van der Waals surface area contributed by atoms with Crippen molar-refractivity contribution in [2.45, 2.75) is 27.3 Å². The van der Waals surface area contributed by atoms with Gasteiger partial charge in [-0.15, -0.1) is 0 Å². The Labute approximate surface area is 131 Å². The number of halogens is 1.